The van der Waals surface area contributed by atoms with E-state index in [1.165, 1.54) is 0 Å². The molecule has 10 heteroatoms. The zero-order valence-corrected chi connectivity index (χ0v) is 22.5. The van der Waals surface area contributed by atoms with E-state index in [0.29, 0.717) is 29.6 Å². The first-order valence-electron chi connectivity index (χ1n) is 12.8. The van der Waals surface area contributed by atoms with Crippen LogP contribution in [0.25, 0.3) is 33.5 Å². The number of hydrogen-bond donors (Lipinski definition) is 1. The summed E-state index contributed by atoms with van der Waals surface area (Å²) >= 11 is 0. The second-order valence-electron chi connectivity index (χ2n) is 10.0. The summed E-state index contributed by atoms with van der Waals surface area (Å²) in [4.78, 5) is 4.97. The van der Waals surface area contributed by atoms with Crippen molar-refractivity contribution >= 4 is 11.0 Å². The summed E-state index contributed by atoms with van der Waals surface area (Å²) in [7, 11) is 0. The number of nitrogens with one attached hydrogen (secondary N) is 1. The zero-order valence-electron chi connectivity index (χ0n) is 22.5. The van der Waals surface area contributed by atoms with Gasteiger partial charge >= 0.3 is 0 Å². The van der Waals surface area contributed by atoms with Crippen LogP contribution in [0.5, 0.6) is 11.8 Å². The van der Waals surface area contributed by atoms with E-state index in [9.17, 15) is 0 Å². The molecule has 196 valence electrons. The van der Waals surface area contributed by atoms with Crippen LogP contribution in [-0.2, 0) is 6.54 Å². The smallest absolute Gasteiger partial charge is 0.262 e. The number of H-pyrrole nitrogens is 1. The second-order valence-corrected chi connectivity index (χ2v) is 10.0. The van der Waals surface area contributed by atoms with Gasteiger partial charge in [-0.3, -0.25) is 0 Å². The molecule has 0 saturated heterocycles. The van der Waals surface area contributed by atoms with E-state index < -0.39 is 0 Å². The molecule has 1 N–H and O–H groups in total. The van der Waals surface area contributed by atoms with Gasteiger partial charge in [-0.1, -0.05) is 62.4 Å². The predicted molar refractivity (Wildman–Crippen MR) is 145 cm³/mol. The van der Waals surface area contributed by atoms with Crippen molar-refractivity contribution in [1.29, 1.82) is 0 Å². The molecular formula is C28H32N8O2. The number of hydrogen-bond acceptors (Lipinski definition) is 8. The molecule has 0 saturated carbocycles. The highest BCUT2D eigenvalue weighted by Crippen LogP contribution is 2.34. The SMILES string of the molecule is CC(C)Oc1nnc(OC(C)C)c2c1nc(C(C)C)n2Cc1ccc(-c2ccccc2-c2nnn[nH]2)cc1. The molecule has 10 nitrogen and oxygen atoms in total. The normalized spacial score (nSPS) is 11.7. The molecule has 0 unspecified atom stereocenters. The maximum absolute atomic E-state index is 6.08. The van der Waals surface area contributed by atoms with Crippen LogP contribution in [0.3, 0.4) is 0 Å². The van der Waals surface area contributed by atoms with Crippen molar-refractivity contribution in [1.82, 2.24) is 40.4 Å². The first-order valence-corrected chi connectivity index (χ1v) is 12.8. The Hall–Kier alpha value is -4.34. The molecule has 0 aliphatic heterocycles. The molecule has 3 aromatic heterocycles. The van der Waals surface area contributed by atoms with Gasteiger partial charge in [0.05, 0.1) is 12.2 Å². The van der Waals surface area contributed by atoms with Crippen LogP contribution in [0.1, 0.15) is 58.8 Å². The van der Waals surface area contributed by atoms with Crippen molar-refractivity contribution < 1.29 is 9.47 Å². The quantitative estimate of drug-likeness (QED) is 0.278. The van der Waals surface area contributed by atoms with Crippen LogP contribution in [0.4, 0.5) is 0 Å². The minimum absolute atomic E-state index is 0.0554. The highest BCUT2D eigenvalue weighted by molar-refractivity contribution is 5.85. The molecule has 38 heavy (non-hydrogen) atoms. The summed E-state index contributed by atoms with van der Waals surface area (Å²) in [5, 5.41) is 23.1. The fraction of sp³-hybridized carbons (Fsp3) is 0.357. The maximum Gasteiger partial charge on any atom is 0.262 e. The van der Waals surface area contributed by atoms with Gasteiger partial charge in [0.15, 0.2) is 11.3 Å². The monoisotopic (exact) mass is 512 g/mol. The Balaban J connectivity index is 1.56. The van der Waals surface area contributed by atoms with Gasteiger partial charge < -0.3 is 14.0 Å². The molecule has 3 heterocycles. The zero-order chi connectivity index (χ0) is 26.8. The summed E-state index contributed by atoms with van der Waals surface area (Å²) in [6.07, 6.45) is -0.116. The van der Waals surface area contributed by atoms with E-state index in [1.807, 2.05) is 45.9 Å². The molecule has 0 atom stereocenters. The first kappa shape index (κ1) is 25.3. The molecule has 0 spiro atoms. The number of aromatic nitrogens is 8. The maximum atomic E-state index is 6.08. The molecule has 5 rings (SSSR count). The molecule has 0 radical (unpaired) electrons. The number of ether oxygens (including phenoxy) is 2. The van der Waals surface area contributed by atoms with Crippen molar-refractivity contribution in [2.45, 2.75) is 66.2 Å². The van der Waals surface area contributed by atoms with Gasteiger partial charge in [0.2, 0.25) is 0 Å². The largest absolute Gasteiger partial charge is 0.472 e. The Kier molecular flexibility index (Phi) is 7.04. The van der Waals surface area contributed by atoms with Crippen molar-refractivity contribution in [2.75, 3.05) is 0 Å². The molecule has 0 aliphatic carbocycles. The summed E-state index contributed by atoms with van der Waals surface area (Å²) < 4.78 is 14.2. The third kappa shape index (κ3) is 5.06. The Morgan fingerprint density at radius 1 is 0.789 bits per heavy atom. The molecule has 0 aliphatic rings. The van der Waals surface area contributed by atoms with Gasteiger partial charge in [-0.25, -0.2) is 10.1 Å². The average molecular weight is 513 g/mol. The van der Waals surface area contributed by atoms with E-state index in [1.54, 1.807) is 0 Å². The Labute approximate surface area is 221 Å². The lowest BCUT2D eigenvalue weighted by Gasteiger charge is -2.16. The Morgan fingerprint density at radius 2 is 1.45 bits per heavy atom. The van der Waals surface area contributed by atoms with Crippen LogP contribution >= 0.6 is 0 Å². The summed E-state index contributed by atoms with van der Waals surface area (Å²) in [6, 6.07) is 16.5. The number of rotatable bonds is 9. The van der Waals surface area contributed by atoms with E-state index in [0.717, 1.165) is 33.6 Å². The van der Waals surface area contributed by atoms with Crippen molar-refractivity contribution in [3.8, 4) is 34.3 Å². The standard InChI is InChI=1S/C28H32N8O2/c1-16(2)26-29-23-24(28(38-18(5)6)33-32-27(23)37-17(3)4)36(26)15-19-11-13-20(14-12-19)21-9-7-8-10-22(21)25-30-34-35-31-25/h7-14,16-18H,15H2,1-6H3,(H,30,31,34,35). The van der Waals surface area contributed by atoms with Crippen LogP contribution in [-0.4, -0.2) is 52.6 Å². The van der Waals surface area contributed by atoms with Crippen LogP contribution in [0.2, 0.25) is 0 Å². The average Bonchev–Trinajstić information content (AvgIpc) is 3.55. The highest BCUT2D eigenvalue weighted by atomic mass is 16.5. The molecular weight excluding hydrogens is 480 g/mol. The number of imidazole rings is 1. The van der Waals surface area contributed by atoms with Gasteiger partial charge in [0.25, 0.3) is 11.8 Å². The lowest BCUT2D eigenvalue weighted by molar-refractivity contribution is 0.219. The van der Waals surface area contributed by atoms with Crippen LogP contribution < -0.4 is 9.47 Å². The van der Waals surface area contributed by atoms with Gasteiger partial charge in [0.1, 0.15) is 11.3 Å². The number of nitrogens with zero attached hydrogens (tertiary/aromatic N) is 7. The molecule has 0 amide bonds. The van der Waals surface area contributed by atoms with Crippen molar-refractivity contribution in [2.24, 2.45) is 0 Å². The third-order valence-electron chi connectivity index (χ3n) is 5.98. The predicted octanol–water partition coefficient (Wildman–Crippen LogP) is 5.42. The second kappa shape index (κ2) is 10.6. The Bertz CT molecular complexity index is 1520. The fourth-order valence-corrected chi connectivity index (χ4v) is 4.41. The molecule has 0 bridgehead atoms. The number of benzene rings is 2. The number of aromatic amines is 1. The van der Waals surface area contributed by atoms with Gasteiger partial charge in [-0.2, -0.15) is 0 Å². The fourth-order valence-electron chi connectivity index (χ4n) is 4.41. The molecule has 5 aromatic rings. The lowest BCUT2D eigenvalue weighted by atomic mass is 9.98. The van der Waals surface area contributed by atoms with Gasteiger partial charge in [-0.05, 0) is 54.8 Å². The van der Waals surface area contributed by atoms with E-state index in [4.69, 9.17) is 14.5 Å². The summed E-state index contributed by atoms with van der Waals surface area (Å²) in [6.45, 7) is 12.7. The van der Waals surface area contributed by atoms with Crippen molar-refractivity contribution in [3.05, 3.63) is 59.9 Å². The van der Waals surface area contributed by atoms with E-state index in [-0.39, 0.29) is 18.1 Å². The summed E-state index contributed by atoms with van der Waals surface area (Å²) in [5.41, 5.74) is 5.64. The number of fused-ring (bicyclic) bond motifs is 1. The molecule has 2 aromatic carbocycles. The third-order valence-corrected chi connectivity index (χ3v) is 5.98. The summed E-state index contributed by atoms with van der Waals surface area (Å²) in [5.74, 6) is 2.60. The van der Waals surface area contributed by atoms with Crippen LogP contribution in [0, 0.1) is 0 Å². The Morgan fingerprint density at radius 3 is 2.08 bits per heavy atom. The van der Waals surface area contributed by atoms with Gasteiger partial charge in [-0.15, -0.1) is 15.3 Å². The van der Waals surface area contributed by atoms with E-state index in [2.05, 4.69) is 79.6 Å². The van der Waals surface area contributed by atoms with Gasteiger partial charge in [0, 0.05) is 18.0 Å². The highest BCUT2D eigenvalue weighted by Gasteiger charge is 2.24. The minimum atomic E-state index is -0.0610. The topological polar surface area (TPSA) is 117 Å². The number of tetrazole rings is 1. The minimum Gasteiger partial charge on any atom is -0.472 e. The van der Waals surface area contributed by atoms with Crippen LogP contribution in [0.15, 0.2) is 48.5 Å². The first-order chi connectivity index (χ1) is 18.3. The van der Waals surface area contributed by atoms with Crippen molar-refractivity contribution in [3.63, 3.8) is 0 Å². The lowest BCUT2D eigenvalue weighted by Crippen LogP contribution is -2.13. The molecule has 0 fully saturated rings. The van der Waals surface area contributed by atoms with E-state index >= 15 is 0 Å².